The fourth-order valence-corrected chi connectivity index (χ4v) is 2.64. The Labute approximate surface area is 125 Å². The first-order chi connectivity index (χ1) is 10.5. The highest BCUT2D eigenvalue weighted by Gasteiger charge is 2.51. The molecule has 0 saturated heterocycles. The summed E-state index contributed by atoms with van der Waals surface area (Å²) in [4.78, 5) is 27.8. The minimum absolute atomic E-state index is 0.125. The van der Waals surface area contributed by atoms with Gasteiger partial charge in [0.1, 0.15) is 0 Å². The van der Waals surface area contributed by atoms with Gasteiger partial charge in [-0.1, -0.05) is 30.3 Å². The summed E-state index contributed by atoms with van der Waals surface area (Å²) in [5.74, 6) is -0.557. The number of hydroxylamine groups is 2. The molecule has 1 amide bonds. The molecule has 0 aliphatic carbocycles. The first-order valence-corrected chi connectivity index (χ1v) is 6.45. The summed E-state index contributed by atoms with van der Waals surface area (Å²) < 4.78 is 0. The normalized spacial score (nSPS) is 20.1. The number of nitro groups is 1. The molecule has 1 aliphatic heterocycles. The third-order valence-corrected chi connectivity index (χ3v) is 3.66. The predicted molar refractivity (Wildman–Crippen MR) is 75.7 cm³/mol. The second kappa shape index (κ2) is 4.90. The number of fused-ring (bicyclic) bond motifs is 1. The van der Waals surface area contributed by atoms with E-state index in [1.54, 1.807) is 30.3 Å². The third kappa shape index (κ3) is 1.80. The lowest BCUT2D eigenvalue weighted by Gasteiger charge is -2.32. The summed E-state index contributed by atoms with van der Waals surface area (Å²) in [6, 6.07) is 12.1. The van der Waals surface area contributed by atoms with Crippen LogP contribution in [0, 0.1) is 10.1 Å². The number of hydrogen-bond acceptors (Lipinski definition) is 5. The molecule has 112 valence electrons. The molecule has 1 N–H and O–H groups in total. The topological polar surface area (TPSA) is 92.9 Å². The van der Waals surface area contributed by atoms with Gasteiger partial charge < -0.3 is 5.11 Å². The molecule has 0 spiro atoms. The number of non-ortho nitro benzene ring substituents is 1. The first kappa shape index (κ1) is 14.2. The lowest BCUT2D eigenvalue weighted by Crippen LogP contribution is -2.43. The van der Waals surface area contributed by atoms with E-state index in [0.29, 0.717) is 5.56 Å². The maximum Gasteiger partial charge on any atom is 0.281 e. The predicted octanol–water partition coefficient (Wildman–Crippen LogP) is 1.81. The van der Waals surface area contributed by atoms with Crippen LogP contribution in [-0.2, 0) is 10.6 Å². The molecule has 0 aromatic heterocycles. The van der Waals surface area contributed by atoms with E-state index in [-0.39, 0.29) is 16.8 Å². The Morgan fingerprint density at radius 1 is 1.23 bits per heavy atom. The van der Waals surface area contributed by atoms with Crippen LogP contribution in [-0.4, -0.2) is 28.1 Å². The van der Waals surface area contributed by atoms with Crippen LogP contribution in [0.15, 0.2) is 48.5 Å². The number of carbonyl (C=O) groups is 1. The largest absolute Gasteiger partial charge is 0.361 e. The average Bonchev–Trinajstić information content (AvgIpc) is 2.76. The van der Waals surface area contributed by atoms with E-state index in [0.717, 1.165) is 5.06 Å². The molecule has 2 aromatic carbocycles. The number of carbonyl (C=O) groups excluding carboxylic acids is 1. The molecule has 0 saturated carbocycles. The molecule has 0 fully saturated rings. The van der Waals surface area contributed by atoms with Crippen LogP contribution < -0.4 is 0 Å². The number of benzene rings is 2. The Kier molecular flexibility index (Phi) is 3.16. The van der Waals surface area contributed by atoms with Crippen molar-refractivity contribution in [3.8, 4) is 0 Å². The third-order valence-electron chi connectivity index (χ3n) is 3.66. The zero-order valence-corrected chi connectivity index (χ0v) is 11.6. The van der Waals surface area contributed by atoms with Crippen molar-refractivity contribution in [2.45, 2.75) is 5.72 Å². The zero-order valence-electron chi connectivity index (χ0n) is 11.6. The van der Waals surface area contributed by atoms with Gasteiger partial charge in [0.25, 0.3) is 11.6 Å². The molecule has 1 heterocycles. The Hall–Kier alpha value is -2.77. The summed E-state index contributed by atoms with van der Waals surface area (Å²) in [7, 11) is 1.26. The number of aliphatic hydroxyl groups is 1. The van der Waals surface area contributed by atoms with Crippen molar-refractivity contribution in [1.82, 2.24) is 5.06 Å². The van der Waals surface area contributed by atoms with E-state index >= 15 is 0 Å². The van der Waals surface area contributed by atoms with Crippen molar-refractivity contribution in [2.75, 3.05) is 7.11 Å². The van der Waals surface area contributed by atoms with Crippen molar-refractivity contribution in [2.24, 2.45) is 0 Å². The smallest absolute Gasteiger partial charge is 0.281 e. The first-order valence-electron chi connectivity index (χ1n) is 6.45. The van der Waals surface area contributed by atoms with E-state index in [1.807, 2.05) is 0 Å². The Morgan fingerprint density at radius 3 is 2.50 bits per heavy atom. The van der Waals surface area contributed by atoms with Gasteiger partial charge in [-0.2, -0.15) is 5.06 Å². The fraction of sp³-hybridized carbons (Fsp3) is 0.133. The van der Waals surface area contributed by atoms with Gasteiger partial charge in [-0.3, -0.25) is 19.7 Å². The van der Waals surface area contributed by atoms with Crippen molar-refractivity contribution in [3.05, 3.63) is 75.3 Å². The van der Waals surface area contributed by atoms with Crippen molar-refractivity contribution in [1.29, 1.82) is 0 Å². The summed E-state index contributed by atoms with van der Waals surface area (Å²) in [6.45, 7) is 0. The average molecular weight is 300 g/mol. The fourth-order valence-electron chi connectivity index (χ4n) is 2.64. The number of rotatable bonds is 3. The minimum atomic E-state index is -1.91. The quantitative estimate of drug-likeness (QED) is 0.689. The van der Waals surface area contributed by atoms with Crippen molar-refractivity contribution >= 4 is 11.6 Å². The van der Waals surface area contributed by atoms with Crippen molar-refractivity contribution < 1.29 is 19.7 Å². The van der Waals surface area contributed by atoms with E-state index in [9.17, 15) is 20.0 Å². The molecule has 1 aliphatic rings. The van der Waals surface area contributed by atoms with Crippen LogP contribution in [0.25, 0.3) is 0 Å². The highest BCUT2D eigenvalue weighted by atomic mass is 16.7. The molecule has 7 heteroatoms. The van der Waals surface area contributed by atoms with Gasteiger partial charge in [-0.05, 0) is 6.07 Å². The second-order valence-corrected chi connectivity index (χ2v) is 4.81. The monoisotopic (exact) mass is 300 g/mol. The van der Waals surface area contributed by atoms with Crippen LogP contribution in [0.2, 0.25) is 0 Å². The lowest BCUT2D eigenvalue weighted by molar-refractivity contribution is -0.385. The zero-order chi connectivity index (χ0) is 15.9. The van der Waals surface area contributed by atoms with E-state index in [2.05, 4.69) is 0 Å². The highest BCUT2D eigenvalue weighted by molar-refractivity contribution is 6.00. The Morgan fingerprint density at radius 2 is 1.91 bits per heavy atom. The summed E-state index contributed by atoms with van der Waals surface area (Å²) >= 11 is 0. The molecule has 1 atom stereocenters. The maximum absolute atomic E-state index is 12.4. The number of nitrogens with zero attached hydrogens (tertiary/aromatic N) is 2. The second-order valence-electron chi connectivity index (χ2n) is 4.81. The van der Waals surface area contributed by atoms with Gasteiger partial charge in [-0.15, -0.1) is 0 Å². The van der Waals surface area contributed by atoms with Crippen LogP contribution in [0.5, 0.6) is 0 Å². The lowest BCUT2D eigenvalue weighted by atomic mass is 9.94. The molecule has 0 radical (unpaired) electrons. The van der Waals surface area contributed by atoms with Crippen molar-refractivity contribution in [3.63, 3.8) is 0 Å². The Bertz CT molecular complexity index is 762. The molecular weight excluding hydrogens is 288 g/mol. The highest BCUT2D eigenvalue weighted by Crippen LogP contribution is 2.43. The van der Waals surface area contributed by atoms with Gasteiger partial charge in [0, 0.05) is 23.3 Å². The van der Waals surface area contributed by atoms with E-state index < -0.39 is 16.6 Å². The van der Waals surface area contributed by atoms with Crippen LogP contribution in [0.3, 0.4) is 0 Å². The molecule has 7 nitrogen and oxygen atoms in total. The van der Waals surface area contributed by atoms with Gasteiger partial charge in [0.15, 0.2) is 0 Å². The van der Waals surface area contributed by atoms with Crippen LogP contribution >= 0.6 is 0 Å². The number of nitro benzene ring substituents is 1. The number of amides is 1. The van der Waals surface area contributed by atoms with Gasteiger partial charge >= 0.3 is 0 Å². The summed E-state index contributed by atoms with van der Waals surface area (Å²) in [6.07, 6.45) is 0. The van der Waals surface area contributed by atoms with Crippen LogP contribution in [0.4, 0.5) is 5.69 Å². The molecular formula is C15H12N2O5. The molecule has 0 bridgehead atoms. The molecule has 2 aromatic rings. The van der Waals surface area contributed by atoms with Gasteiger partial charge in [0.2, 0.25) is 5.72 Å². The Balaban J connectivity index is 2.28. The van der Waals surface area contributed by atoms with Gasteiger partial charge in [-0.25, -0.2) is 0 Å². The van der Waals surface area contributed by atoms with E-state index in [1.165, 1.54) is 25.3 Å². The maximum atomic E-state index is 12.4. The minimum Gasteiger partial charge on any atom is -0.361 e. The van der Waals surface area contributed by atoms with Gasteiger partial charge in [0.05, 0.1) is 17.6 Å². The standard InChI is InChI=1S/C15H12N2O5/c1-22-16-14(18)12-8-7-11(17(20)21)9-13(12)15(16,19)10-5-3-2-4-6-10/h2-9,19H,1H3. The molecule has 1 unspecified atom stereocenters. The summed E-state index contributed by atoms with van der Waals surface area (Å²) in [5, 5.41) is 22.9. The van der Waals surface area contributed by atoms with Crippen LogP contribution in [0.1, 0.15) is 21.5 Å². The molecule has 3 rings (SSSR count). The number of hydrogen-bond donors (Lipinski definition) is 1. The molecule has 22 heavy (non-hydrogen) atoms. The van der Waals surface area contributed by atoms with E-state index in [4.69, 9.17) is 4.84 Å². The summed E-state index contributed by atoms with van der Waals surface area (Å²) in [5.41, 5.74) is -1.45. The SMILES string of the molecule is CON1C(=O)c2ccc([N+](=O)[O-])cc2C1(O)c1ccccc1.